The van der Waals surface area contributed by atoms with Gasteiger partial charge < -0.3 is 19.7 Å². The van der Waals surface area contributed by atoms with E-state index in [9.17, 15) is 10.2 Å². The van der Waals surface area contributed by atoms with Crippen LogP contribution in [0.25, 0.3) is 11.1 Å². The summed E-state index contributed by atoms with van der Waals surface area (Å²) >= 11 is 3.23. The van der Waals surface area contributed by atoms with Gasteiger partial charge in [-0.2, -0.15) is 0 Å². The molecule has 0 bridgehead atoms. The van der Waals surface area contributed by atoms with E-state index in [1.165, 1.54) is 5.56 Å². The van der Waals surface area contributed by atoms with Crippen LogP contribution in [0.1, 0.15) is 22.7 Å². The third kappa shape index (κ3) is 2.47. The number of fused-ring (bicyclic) bond motifs is 2. The Bertz CT molecular complexity index is 852. The van der Waals surface area contributed by atoms with E-state index in [4.69, 9.17) is 9.47 Å². The maximum absolute atomic E-state index is 10.5. The largest absolute Gasteiger partial charge is 0.504 e. The molecule has 1 unspecified atom stereocenters. The molecular formula is C19H20BrNO4. The highest BCUT2D eigenvalue weighted by atomic mass is 79.9. The Balaban J connectivity index is 2.04. The van der Waals surface area contributed by atoms with Gasteiger partial charge in [0.25, 0.3) is 0 Å². The summed E-state index contributed by atoms with van der Waals surface area (Å²) in [7, 11) is 3.69. The fourth-order valence-electron chi connectivity index (χ4n) is 4.11. The number of nitrogens with zero attached hydrogens (tertiary/aromatic N) is 1. The normalized spacial score (nSPS) is 18.4. The van der Waals surface area contributed by atoms with Crippen molar-refractivity contribution in [3.8, 4) is 34.1 Å². The average molecular weight is 406 g/mol. The summed E-state index contributed by atoms with van der Waals surface area (Å²) in [5.41, 5.74) is 5.56. The molecule has 5 nitrogen and oxygen atoms in total. The number of rotatable bonds is 3. The molecular weight excluding hydrogens is 386 g/mol. The number of methoxy groups -OCH3 is 1. The summed E-state index contributed by atoms with van der Waals surface area (Å²) in [6.07, 6.45) is 1.70. The van der Waals surface area contributed by atoms with E-state index < -0.39 is 0 Å². The second-order valence-corrected chi connectivity index (χ2v) is 7.02. The lowest BCUT2D eigenvalue weighted by Gasteiger charge is -2.40. The van der Waals surface area contributed by atoms with Crippen molar-refractivity contribution in [1.29, 1.82) is 0 Å². The Hall–Kier alpha value is -1.92. The van der Waals surface area contributed by atoms with Crippen LogP contribution < -0.4 is 9.47 Å². The van der Waals surface area contributed by atoms with E-state index in [2.05, 4.69) is 27.9 Å². The highest BCUT2D eigenvalue weighted by Gasteiger charge is 2.36. The van der Waals surface area contributed by atoms with Gasteiger partial charge in [0.2, 0.25) is 0 Å². The lowest BCUT2D eigenvalue weighted by Crippen LogP contribution is -2.35. The summed E-state index contributed by atoms with van der Waals surface area (Å²) in [4.78, 5) is 2.32. The molecule has 1 aliphatic heterocycles. The van der Waals surface area contributed by atoms with E-state index in [0.29, 0.717) is 17.0 Å². The zero-order valence-electron chi connectivity index (χ0n) is 14.2. The molecule has 0 saturated carbocycles. The number of alkyl halides is 1. The second kappa shape index (κ2) is 6.11. The topological polar surface area (TPSA) is 62.2 Å². The van der Waals surface area contributed by atoms with Crippen molar-refractivity contribution in [2.24, 2.45) is 0 Å². The second-order valence-electron chi connectivity index (χ2n) is 6.56. The van der Waals surface area contributed by atoms with Crippen LogP contribution in [0.4, 0.5) is 0 Å². The van der Waals surface area contributed by atoms with Gasteiger partial charge in [0.1, 0.15) is 5.52 Å². The maximum atomic E-state index is 10.5. The van der Waals surface area contributed by atoms with Crippen LogP contribution in [0, 0.1) is 0 Å². The van der Waals surface area contributed by atoms with E-state index in [0.717, 1.165) is 41.6 Å². The molecule has 6 heteroatoms. The maximum Gasteiger partial charge on any atom is 0.168 e. The Morgan fingerprint density at radius 1 is 1.20 bits per heavy atom. The van der Waals surface area contributed by atoms with Gasteiger partial charge in [-0.05, 0) is 76.3 Å². The first-order chi connectivity index (χ1) is 12.0. The molecule has 1 atom stereocenters. The Morgan fingerprint density at radius 3 is 2.68 bits per heavy atom. The van der Waals surface area contributed by atoms with E-state index in [-0.39, 0.29) is 17.5 Å². The molecule has 0 spiro atoms. The average Bonchev–Trinajstić information content (AvgIpc) is 2.59. The predicted molar refractivity (Wildman–Crippen MR) is 99.0 cm³/mol. The SMILES string of the molecule is COc1c(O)cc2c3c1-c1cc(OCBr)c(O)cc1CC3N(C)CC2. The van der Waals surface area contributed by atoms with Crippen molar-refractivity contribution in [3.05, 3.63) is 34.9 Å². The summed E-state index contributed by atoms with van der Waals surface area (Å²) in [5, 5.41) is 20.8. The highest BCUT2D eigenvalue weighted by Crippen LogP contribution is 2.53. The van der Waals surface area contributed by atoms with Crippen molar-refractivity contribution >= 4 is 15.9 Å². The molecule has 0 aromatic heterocycles. The van der Waals surface area contributed by atoms with Crippen LogP contribution in [0.3, 0.4) is 0 Å². The zero-order chi connectivity index (χ0) is 17.7. The number of phenols is 2. The van der Waals surface area contributed by atoms with Crippen LogP contribution in [0.15, 0.2) is 18.2 Å². The standard InChI is InChI=1S/C19H20BrNO4/c1-21-4-3-10-6-15(23)19(24-2)18-12-8-16(25-9-20)14(22)7-11(12)5-13(21)17(10)18/h6-8,13,22-23H,3-5,9H2,1-2H3. The van der Waals surface area contributed by atoms with Gasteiger partial charge in [-0.25, -0.2) is 0 Å². The minimum absolute atomic E-state index is 0.124. The van der Waals surface area contributed by atoms with Crippen molar-refractivity contribution in [3.63, 3.8) is 0 Å². The van der Waals surface area contributed by atoms with Gasteiger partial charge in [-0.15, -0.1) is 0 Å². The molecule has 1 aliphatic carbocycles. The van der Waals surface area contributed by atoms with Crippen molar-refractivity contribution in [1.82, 2.24) is 4.90 Å². The van der Waals surface area contributed by atoms with Gasteiger partial charge >= 0.3 is 0 Å². The van der Waals surface area contributed by atoms with Crippen LogP contribution in [-0.2, 0) is 12.8 Å². The number of phenolic OH excluding ortho intramolecular Hbond substituents is 2. The zero-order valence-corrected chi connectivity index (χ0v) is 15.8. The number of benzene rings is 2. The fourth-order valence-corrected chi connectivity index (χ4v) is 4.35. The molecule has 0 saturated heterocycles. The quantitative estimate of drug-likeness (QED) is 0.763. The summed E-state index contributed by atoms with van der Waals surface area (Å²) in [6.45, 7) is 0.939. The minimum Gasteiger partial charge on any atom is -0.504 e. The van der Waals surface area contributed by atoms with Gasteiger partial charge in [-0.3, -0.25) is 4.90 Å². The van der Waals surface area contributed by atoms with Crippen molar-refractivity contribution in [2.45, 2.75) is 18.9 Å². The first-order valence-electron chi connectivity index (χ1n) is 8.23. The van der Waals surface area contributed by atoms with Gasteiger partial charge in [0.05, 0.1) is 7.11 Å². The van der Waals surface area contributed by atoms with E-state index in [1.54, 1.807) is 13.2 Å². The molecule has 25 heavy (non-hydrogen) atoms. The van der Waals surface area contributed by atoms with Crippen LogP contribution >= 0.6 is 15.9 Å². The first-order valence-corrected chi connectivity index (χ1v) is 9.35. The number of hydrogen-bond donors (Lipinski definition) is 2. The highest BCUT2D eigenvalue weighted by molar-refractivity contribution is 9.09. The van der Waals surface area contributed by atoms with Crippen LogP contribution in [0.5, 0.6) is 23.0 Å². The molecule has 0 fully saturated rings. The van der Waals surface area contributed by atoms with E-state index >= 15 is 0 Å². The lowest BCUT2D eigenvalue weighted by molar-refractivity contribution is 0.226. The van der Waals surface area contributed by atoms with Gasteiger partial charge in [0.15, 0.2) is 23.0 Å². The summed E-state index contributed by atoms with van der Waals surface area (Å²) in [6, 6.07) is 5.65. The van der Waals surface area contributed by atoms with Crippen LogP contribution in [0.2, 0.25) is 0 Å². The summed E-state index contributed by atoms with van der Waals surface area (Å²) < 4.78 is 11.0. The number of halogens is 1. The number of likely N-dealkylation sites (N-methyl/N-ethyl adjacent to an activating group) is 1. The molecule has 132 valence electrons. The first kappa shape index (κ1) is 16.5. The molecule has 4 rings (SSSR count). The number of aromatic hydroxyl groups is 2. The Labute approximate surface area is 154 Å². The Morgan fingerprint density at radius 2 is 1.96 bits per heavy atom. The third-order valence-corrected chi connectivity index (χ3v) is 5.50. The van der Waals surface area contributed by atoms with Crippen LogP contribution in [-0.4, -0.2) is 41.3 Å². The molecule has 2 aromatic rings. The Kier molecular flexibility index (Phi) is 4.04. The predicted octanol–water partition coefficient (Wildman–Crippen LogP) is 3.59. The molecule has 0 radical (unpaired) electrons. The third-order valence-electron chi connectivity index (χ3n) is 5.27. The molecule has 2 aliphatic rings. The molecule has 0 amide bonds. The van der Waals surface area contributed by atoms with Gasteiger partial charge in [0, 0.05) is 18.2 Å². The smallest absolute Gasteiger partial charge is 0.168 e. The van der Waals surface area contributed by atoms with Gasteiger partial charge in [-0.1, -0.05) is 0 Å². The lowest BCUT2D eigenvalue weighted by atomic mass is 9.76. The minimum atomic E-state index is 0.124. The number of ether oxygens (including phenoxy) is 2. The number of hydrogen-bond acceptors (Lipinski definition) is 5. The summed E-state index contributed by atoms with van der Waals surface area (Å²) in [5.74, 6) is 1.18. The molecule has 2 aromatic carbocycles. The van der Waals surface area contributed by atoms with Crippen molar-refractivity contribution in [2.75, 3.05) is 26.2 Å². The monoisotopic (exact) mass is 405 g/mol. The van der Waals surface area contributed by atoms with Crippen molar-refractivity contribution < 1.29 is 19.7 Å². The van der Waals surface area contributed by atoms with E-state index in [1.807, 2.05) is 12.1 Å². The fraction of sp³-hybridized carbons (Fsp3) is 0.368. The molecule has 2 N–H and O–H groups in total. The molecule has 1 heterocycles.